The number of rotatable bonds is 12. The summed E-state index contributed by atoms with van der Waals surface area (Å²) in [6.07, 6.45) is 4.46. The van der Waals surface area contributed by atoms with E-state index in [9.17, 15) is 0 Å². The molecule has 0 amide bonds. The molecule has 3 nitrogen and oxygen atoms in total. The van der Waals surface area contributed by atoms with Crippen LogP contribution in [0, 0.1) is 0 Å². The van der Waals surface area contributed by atoms with Gasteiger partial charge in [-0.1, -0.05) is 38.5 Å². The van der Waals surface area contributed by atoms with Crippen molar-refractivity contribution in [3.63, 3.8) is 0 Å². The van der Waals surface area contributed by atoms with Crippen molar-refractivity contribution in [2.75, 3.05) is 26.4 Å². The van der Waals surface area contributed by atoms with E-state index in [2.05, 4.69) is 31.3 Å². The molecular weight excluding hydrogens is 250 g/mol. The zero-order valence-corrected chi connectivity index (χ0v) is 13.0. The van der Waals surface area contributed by atoms with Crippen LogP contribution in [-0.4, -0.2) is 26.4 Å². The average molecular weight is 279 g/mol. The van der Waals surface area contributed by atoms with Gasteiger partial charge in [-0.05, 0) is 31.9 Å². The smallest absolute Gasteiger partial charge is 0.123 e. The Morgan fingerprint density at radius 2 is 1.75 bits per heavy atom. The quantitative estimate of drug-likeness (QED) is 0.591. The molecule has 0 aliphatic heterocycles. The van der Waals surface area contributed by atoms with Crippen LogP contribution >= 0.6 is 0 Å². The molecule has 0 atom stereocenters. The van der Waals surface area contributed by atoms with Gasteiger partial charge in [-0.3, -0.25) is 0 Å². The van der Waals surface area contributed by atoms with Gasteiger partial charge in [-0.15, -0.1) is 0 Å². The van der Waals surface area contributed by atoms with Crippen LogP contribution in [0.25, 0.3) is 0 Å². The molecule has 0 heterocycles. The Morgan fingerprint density at radius 1 is 0.950 bits per heavy atom. The zero-order valence-electron chi connectivity index (χ0n) is 13.0. The molecule has 1 aromatic carbocycles. The Balaban J connectivity index is 2.15. The van der Waals surface area contributed by atoms with Crippen molar-refractivity contribution >= 4 is 0 Å². The van der Waals surface area contributed by atoms with Crippen molar-refractivity contribution in [3.05, 3.63) is 29.8 Å². The fourth-order valence-electron chi connectivity index (χ4n) is 1.87. The molecule has 0 aliphatic rings. The summed E-state index contributed by atoms with van der Waals surface area (Å²) in [5, 5.41) is 3.45. The van der Waals surface area contributed by atoms with E-state index >= 15 is 0 Å². The molecule has 0 fully saturated rings. The number of hydrogen-bond acceptors (Lipinski definition) is 3. The summed E-state index contributed by atoms with van der Waals surface area (Å²) < 4.78 is 11.3. The van der Waals surface area contributed by atoms with Gasteiger partial charge >= 0.3 is 0 Å². The molecule has 0 spiro atoms. The van der Waals surface area contributed by atoms with Crippen LogP contribution in [0.15, 0.2) is 24.3 Å². The van der Waals surface area contributed by atoms with Gasteiger partial charge in [0.15, 0.2) is 0 Å². The van der Waals surface area contributed by atoms with Crippen molar-refractivity contribution in [3.8, 4) is 5.75 Å². The van der Waals surface area contributed by atoms with Crippen LogP contribution in [0.2, 0.25) is 0 Å². The van der Waals surface area contributed by atoms with Crippen LogP contribution in [-0.2, 0) is 11.3 Å². The highest BCUT2D eigenvalue weighted by molar-refractivity contribution is 5.33. The monoisotopic (exact) mass is 279 g/mol. The Morgan fingerprint density at radius 3 is 2.55 bits per heavy atom. The van der Waals surface area contributed by atoms with Crippen molar-refractivity contribution in [1.82, 2.24) is 5.32 Å². The second kappa shape index (κ2) is 11.7. The molecule has 0 saturated heterocycles. The number of nitrogens with one attached hydrogen (secondary N) is 1. The van der Waals surface area contributed by atoms with Gasteiger partial charge in [0.25, 0.3) is 0 Å². The fourth-order valence-corrected chi connectivity index (χ4v) is 1.87. The van der Waals surface area contributed by atoms with Gasteiger partial charge in [-0.2, -0.15) is 0 Å². The first-order valence-corrected chi connectivity index (χ1v) is 7.87. The summed E-state index contributed by atoms with van der Waals surface area (Å²) in [7, 11) is 0. The molecule has 114 valence electrons. The minimum atomic E-state index is 0.780. The molecule has 1 rings (SSSR count). The minimum absolute atomic E-state index is 0.780. The summed E-state index contributed by atoms with van der Waals surface area (Å²) in [6, 6.07) is 8.25. The maximum Gasteiger partial charge on any atom is 0.123 e. The Labute approximate surface area is 123 Å². The lowest BCUT2D eigenvalue weighted by molar-refractivity contribution is 0.128. The van der Waals surface area contributed by atoms with Gasteiger partial charge in [-0.25, -0.2) is 0 Å². The maximum atomic E-state index is 5.74. The summed E-state index contributed by atoms with van der Waals surface area (Å²) in [5.74, 6) is 1.00. The van der Waals surface area contributed by atoms with Crippen molar-refractivity contribution in [1.29, 1.82) is 0 Å². The third kappa shape index (κ3) is 7.51. The topological polar surface area (TPSA) is 30.5 Å². The van der Waals surface area contributed by atoms with E-state index in [0.29, 0.717) is 0 Å². The second-order valence-electron chi connectivity index (χ2n) is 4.95. The van der Waals surface area contributed by atoms with Gasteiger partial charge in [0.1, 0.15) is 5.75 Å². The van der Waals surface area contributed by atoms with Gasteiger partial charge < -0.3 is 14.8 Å². The number of hydrogen-bond donors (Lipinski definition) is 1. The third-order valence-corrected chi connectivity index (χ3v) is 3.03. The van der Waals surface area contributed by atoms with E-state index in [1.165, 1.54) is 12.0 Å². The van der Waals surface area contributed by atoms with Crippen molar-refractivity contribution in [2.24, 2.45) is 0 Å². The van der Waals surface area contributed by atoms with Crippen LogP contribution in [0.4, 0.5) is 0 Å². The lowest BCUT2D eigenvalue weighted by atomic mass is 10.2. The van der Waals surface area contributed by atoms with E-state index in [4.69, 9.17) is 9.47 Å². The lowest BCUT2D eigenvalue weighted by Crippen LogP contribution is -2.17. The second-order valence-corrected chi connectivity index (χ2v) is 4.95. The summed E-state index contributed by atoms with van der Waals surface area (Å²) in [5.41, 5.74) is 1.23. The number of para-hydroxylation sites is 1. The molecule has 0 saturated carbocycles. The van der Waals surface area contributed by atoms with Crippen LogP contribution in [0.1, 0.15) is 45.1 Å². The standard InChI is InChI=1S/C17H29NO2/c1-3-5-13-19-14-8-11-18-15-16-9-6-7-10-17(16)20-12-4-2/h6-7,9-10,18H,3-5,8,11-15H2,1-2H3. The van der Waals surface area contributed by atoms with Crippen molar-refractivity contribution in [2.45, 2.75) is 46.1 Å². The summed E-state index contributed by atoms with van der Waals surface area (Å²) in [4.78, 5) is 0. The molecule has 1 aromatic rings. The molecule has 0 aliphatic carbocycles. The largest absolute Gasteiger partial charge is 0.493 e. The maximum absolute atomic E-state index is 5.74. The number of ether oxygens (including phenoxy) is 2. The van der Waals surface area contributed by atoms with E-state index in [1.807, 2.05) is 12.1 Å². The first-order valence-electron chi connectivity index (χ1n) is 7.87. The van der Waals surface area contributed by atoms with E-state index in [-0.39, 0.29) is 0 Å². The fraction of sp³-hybridized carbons (Fsp3) is 0.647. The van der Waals surface area contributed by atoms with E-state index in [1.54, 1.807) is 0 Å². The zero-order chi connectivity index (χ0) is 14.5. The number of unbranched alkanes of at least 4 members (excludes halogenated alkanes) is 1. The Hall–Kier alpha value is -1.06. The average Bonchev–Trinajstić information content (AvgIpc) is 2.49. The molecular formula is C17H29NO2. The summed E-state index contributed by atoms with van der Waals surface area (Å²) in [6.45, 7) is 8.67. The highest BCUT2D eigenvalue weighted by Crippen LogP contribution is 2.17. The molecule has 20 heavy (non-hydrogen) atoms. The first-order chi connectivity index (χ1) is 9.88. The van der Waals surface area contributed by atoms with E-state index < -0.39 is 0 Å². The molecule has 3 heteroatoms. The predicted octanol–water partition coefficient (Wildman–Crippen LogP) is 3.77. The van der Waals surface area contributed by atoms with Crippen LogP contribution in [0.5, 0.6) is 5.75 Å². The lowest BCUT2D eigenvalue weighted by Gasteiger charge is -2.11. The highest BCUT2D eigenvalue weighted by atomic mass is 16.5. The predicted molar refractivity (Wildman–Crippen MR) is 84.3 cm³/mol. The summed E-state index contributed by atoms with van der Waals surface area (Å²) >= 11 is 0. The minimum Gasteiger partial charge on any atom is -0.493 e. The molecule has 0 aromatic heterocycles. The van der Waals surface area contributed by atoms with Gasteiger partial charge in [0.2, 0.25) is 0 Å². The Bertz CT molecular complexity index is 342. The molecule has 0 unspecified atom stereocenters. The van der Waals surface area contributed by atoms with Gasteiger partial charge in [0.05, 0.1) is 6.61 Å². The molecule has 0 radical (unpaired) electrons. The molecule has 1 N–H and O–H groups in total. The van der Waals surface area contributed by atoms with Crippen LogP contribution < -0.4 is 10.1 Å². The normalized spacial score (nSPS) is 10.7. The number of benzene rings is 1. The third-order valence-electron chi connectivity index (χ3n) is 3.03. The highest BCUT2D eigenvalue weighted by Gasteiger charge is 2.01. The van der Waals surface area contributed by atoms with Crippen LogP contribution in [0.3, 0.4) is 0 Å². The Kier molecular flexibility index (Phi) is 9.98. The molecule has 0 bridgehead atoms. The van der Waals surface area contributed by atoms with Gasteiger partial charge in [0, 0.05) is 25.3 Å². The first kappa shape index (κ1) is 17.0. The van der Waals surface area contributed by atoms with Crippen molar-refractivity contribution < 1.29 is 9.47 Å². The van der Waals surface area contributed by atoms with E-state index in [0.717, 1.165) is 57.9 Å². The SMILES string of the molecule is CCCCOCCCNCc1ccccc1OCCC.